The van der Waals surface area contributed by atoms with Gasteiger partial charge in [-0.1, -0.05) is 19.9 Å². The fraction of sp³-hybridized carbons (Fsp3) is 0.684. The SMILES string of the molecule is COc1cc(C(C)C)ccc1N1CCN(CCOC2CC2)CC1. The van der Waals surface area contributed by atoms with E-state index in [9.17, 15) is 0 Å². The average Bonchev–Trinajstić information content (AvgIpc) is 3.39. The lowest BCUT2D eigenvalue weighted by Gasteiger charge is -2.36. The zero-order valence-electron chi connectivity index (χ0n) is 14.8. The number of hydrogen-bond acceptors (Lipinski definition) is 4. The van der Waals surface area contributed by atoms with Crippen molar-refractivity contribution in [2.45, 2.75) is 38.7 Å². The number of ether oxygens (including phenoxy) is 2. The highest BCUT2D eigenvalue weighted by Crippen LogP contribution is 2.32. The van der Waals surface area contributed by atoms with E-state index in [2.05, 4.69) is 41.8 Å². The van der Waals surface area contributed by atoms with Gasteiger partial charge in [0.25, 0.3) is 0 Å². The van der Waals surface area contributed by atoms with E-state index in [1.54, 1.807) is 7.11 Å². The topological polar surface area (TPSA) is 24.9 Å². The summed E-state index contributed by atoms with van der Waals surface area (Å²) in [7, 11) is 1.77. The van der Waals surface area contributed by atoms with Gasteiger partial charge in [0.2, 0.25) is 0 Å². The van der Waals surface area contributed by atoms with E-state index < -0.39 is 0 Å². The summed E-state index contributed by atoms with van der Waals surface area (Å²) in [6.45, 7) is 10.7. The quantitative estimate of drug-likeness (QED) is 0.771. The Kier molecular flexibility index (Phi) is 5.44. The highest BCUT2D eigenvalue weighted by molar-refractivity contribution is 5.60. The molecule has 0 amide bonds. The van der Waals surface area contributed by atoms with Crippen LogP contribution in [0.15, 0.2) is 18.2 Å². The molecule has 3 rings (SSSR count). The summed E-state index contributed by atoms with van der Waals surface area (Å²) < 4.78 is 11.4. The van der Waals surface area contributed by atoms with Crippen molar-refractivity contribution in [3.05, 3.63) is 23.8 Å². The van der Waals surface area contributed by atoms with E-state index in [-0.39, 0.29) is 0 Å². The summed E-state index contributed by atoms with van der Waals surface area (Å²) >= 11 is 0. The molecule has 1 aromatic carbocycles. The van der Waals surface area contributed by atoms with Crippen molar-refractivity contribution in [1.29, 1.82) is 0 Å². The Hall–Kier alpha value is -1.26. The number of rotatable bonds is 7. The van der Waals surface area contributed by atoms with E-state index in [1.807, 2.05) is 0 Å². The monoisotopic (exact) mass is 318 g/mol. The van der Waals surface area contributed by atoms with Gasteiger partial charge in [-0.3, -0.25) is 4.90 Å². The molecule has 0 aromatic heterocycles. The third-order valence-electron chi connectivity index (χ3n) is 4.87. The molecule has 0 radical (unpaired) electrons. The van der Waals surface area contributed by atoms with Crippen LogP contribution < -0.4 is 9.64 Å². The Morgan fingerprint density at radius 1 is 1.13 bits per heavy atom. The van der Waals surface area contributed by atoms with Crippen LogP contribution in [0.3, 0.4) is 0 Å². The first-order valence-electron chi connectivity index (χ1n) is 8.94. The second-order valence-electron chi connectivity index (χ2n) is 6.98. The summed E-state index contributed by atoms with van der Waals surface area (Å²) in [5.74, 6) is 1.53. The van der Waals surface area contributed by atoms with Gasteiger partial charge in [0.1, 0.15) is 5.75 Å². The minimum atomic E-state index is 0.529. The molecular weight excluding hydrogens is 288 g/mol. The maximum absolute atomic E-state index is 5.76. The lowest BCUT2D eigenvalue weighted by Crippen LogP contribution is -2.47. The van der Waals surface area contributed by atoms with Crippen LogP contribution in [0.4, 0.5) is 5.69 Å². The molecule has 0 bridgehead atoms. The fourth-order valence-corrected chi connectivity index (χ4v) is 3.11. The van der Waals surface area contributed by atoms with E-state index >= 15 is 0 Å². The molecule has 0 spiro atoms. The van der Waals surface area contributed by atoms with Crippen molar-refractivity contribution >= 4 is 5.69 Å². The van der Waals surface area contributed by atoms with Crippen LogP contribution in [0, 0.1) is 0 Å². The molecule has 1 aromatic rings. The number of piperazine rings is 1. The first kappa shape index (κ1) is 16.6. The van der Waals surface area contributed by atoms with Crippen molar-refractivity contribution in [3.63, 3.8) is 0 Å². The van der Waals surface area contributed by atoms with E-state index in [0.29, 0.717) is 12.0 Å². The Morgan fingerprint density at radius 3 is 2.48 bits per heavy atom. The lowest BCUT2D eigenvalue weighted by atomic mass is 10.0. The molecule has 4 nitrogen and oxygen atoms in total. The van der Waals surface area contributed by atoms with Crippen molar-refractivity contribution in [2.24, 2.45) is 0 Å². The number of benzene rings is 1. The van der Waals surface area contributed by atoms with Gasteiger partial charge in [0.15, 0.2) is 0 Å². The Balaban J connectivity index is 1.54. The van der Waals surface area contributed by atoms with Crippen molar-refractivity contribution in [3.8, 4) is 5.75 Å². The fourth-order valence-electron chi connectivity index (χ4n) is 3.11. The predicted molar refractivity (Wildman–Crippen MR) is 94.7 cm³/mol. The van der Waals surface area contributed by atoms with Crippen LogP contribution in [0.5, 0.6) is 5.75 Å². The zero-order valence-corrected chi connectivity index (χ0v) is 14.8. The number of methoxy groups -OCH3 is 1. The van der Waals surface area contributed by atoms with Crippen LogP contribution in [0.2, 0.25) is 0 Å². The summed E-state index contributed by atoms with van der Waals surface area (Å²) in [4.78, 5) is 4.95. The van der Waals surface area contributed by atoms with Crippen molar-refractivity contribution < 1.29 is 9.47 Å². The summed E-state index contributed by atoms with van der Waals surface area (Å²) in [6.07, 6.45) is 3.10. The van der Waals surface area contributed by atoms with Crippen molar-refractivity contribution in [1.82, 2.24) is 4.90 Å². The van der Waals surface area contributed by atoms with Gasteiger partial charge in [0, 0.05) is 32.7 Å². The maximum Gasteiger partial charge on any atom is 0.142 e. The third kappa shape index (κ3) is 4.39. The highest BCUT2D eigenvalue weighted by atomic mass is 16.5. The first-order valence-corrected chi connectivity index (χ1v) is 8.94. The van der Waals surface area contributed by atoms with Gasteiger partial charge in [-0.15, -0.1) is 0 Å². The molecule has 1 saturated carbocycles. The second kappa shape index (κ2) is 7.54. The number of hydrogen-bond donors (Lipinski definition) is 0. The zero-order chi connectivity index (χ0) is 16.2. The molecule has 1 saturated heterocycles. The molecule has 2 fully saturated rings. The minimum absolute atomic E-state index is 0.529. The van der Waals surface area contributed by atoms with Gasteiger partial charge in [-0.25, -0.2) is 0 Å². The van der Waals surface area contributed by atoms with Crippen LogP contribution in [-0.2, 0) is 4.74 Å². The second-order valence-corrected chi connectivity index (χ2v) is 6.98. The highest BCUT2D eigenvalue weighted by Gasteiger charge is 2.23. The van der Waals surface area contributed by atoms with Crippen molar-refractivity contribution in [2.75, 3.05) is 51.3 Å². The number of anilines is 1. The molecule has 0 atom stereocenters. The minimum Gasteiger partial charge on any atom is -0.495 e. The van der Waals surface area contributed by atoms with Crippen LogP contribution in [-0.4, -0.2) is 57.4 Å². The van der Waals surface area contributed by atoms with E-state index in [4.69, 9.17) is 9.47 Å². The van der Waals surface area contributed by atoms with Gasteiger partial charge >= 0.3 is 0 Å². The Labute approximate surface area is 140 Å². The molecular formula is C19H30N2O2. The normalized spacial score (nSPS) is 19.4. The van der Waals surface area contributed by atoms with Gasteiger partial charge in [0.05, 0.1) is 25.5 Å². The summed E-state index contributed by atoms with van der Waals surface area (Å²) in [6, 6.07) is 6.65. The van der Waals surface area contributed by atoms with Crippen LogP contribution in [0.25, 0.3) is 0 Å². The van der Waals surface area contributed by atoms with Gasteiger partial charge < -0.3 is 14.4 Å². The van der Waals surface area contributed by atoms with Crippen LogP contribution in [0.1, 0.15) is 38.2 Å². The predicted octanol–water partition coefficient (Wildman–Crippen LogP) is 3.12. The smallest absolute Gasteiger partial charge is 0.142 e. The largest absolute Gasteiger partial charge is 0.495 e. The number of nitrogens with zero attached hydrogens (tertiary/aromatic N) is 2. The molecule has 0 N–H and O–H groups in total. The third-order valence-corrected chi connectivity index (χ3v) is 4.87. The van der Waals surface area contributed by atoms with Crippen LogP contribution >= 0.6 is 0 Å². The molecule has 0 unspecified atom stereocenters. The van der Waals surface area contributed by atoms with E-state index in [1.165, 1.54) is 24.1 Å². The Morgan fingerprint density at radius 2 is 1.87 bits per heavy atom. The van der Waals surface area contributed by atoms with Gasteiger partial charge in [-0.2, -0.15) is 0 Å². The average molecular weight is 318 g/mol. The summed E-state index contributed by atoms with van der Waals surface area (Å²) in [5, 5.41) is 0. The maximum atomic E-state index is 5.76. The van der Waals surface area contributed by atoms with Gasteiger partial charge in [-0.05, 0) is 36.5 Å². The lowest BCUT2D eigenvalue weighted by molar-refractivity contribution is 0.0899. The van der Waals surface area contributed by atoms with E-state index in [0.717, 1.165) is 45.1 Å². The molecule has 128 valence electrons. The molecule has 1 heterocycles. The molecule has 2 aliphatic rings. The summed E-state index contributed by atoms with van der Waals surface area (Å²) in [5.41, 5.74) is 2.56. The molecule has 1 aliphatic heterocycles. The molecule has 4 heteroatoms. The standard InChI is InChI=1S/C19H30N2O2/c1-15(2)16-4-7-18(19(14-16)22-3)21-10-8-20(9-11-21)12-13-23-17-5-6-17/h4,7,14-15,17H,5-6,8-13H2,1-3H3. The molecule has 1 aliphatic carbocycles. The first-order chi connectivity index (χ1) is 11.2. The Bertz CT molecular complexity index is 506. The molecule has 23 heavy (non-hydrogen) atoms.